The molecule has 5 nitrogen and oxygen atoms in total. The molecule has 1 amide bonds. The summed E-state index contributed by atoms with van der Waals surface area (Å²) in [5, 5.41) is 14.0. The van der Waals surface area contributed by atoms with E-state index in [2.05, 4.69) is 10.3 Å². The zero-order valence-corrected chi connectivity index (χ0v) is 12.2. The maximum atomic E-state index is 12.2. The van der Waals surface area contributed by atoms with Crippen molar-refractivity contribution in [3.63, 3.8) is 0 Å². The topological polar surface area (TPSA) is 66.6 Å². The first-order chi connectivity index (χ1) is 10.2. The highest BCUT2D eigenvalue weighted by Crippen LogP contribution is 2.28. The van der Waals surface area contributed by atoms with Crippen LogP contribution in [-0.2, 0) is 0 Å². The second kappa shape index (κ2) is 4.57. The number of anilines is 1. The second-order valence-electron chi connectivity index (χ2n) is 4.47. The molecular weight excluding hydrogens is 306 g/mol. The number of nitrogens with one attached hydrogen (secondary N) is 1. The molecule has 0 saturated heterocycles. The van der Waals surface area contributed by atoms with E-state index in [0.717, 1.165) is 15.3 Å². The first-order valence-corrected chi connectivity index (χ1v) is 7.86. The summed E-state index contributed by atoms with van der Waals surface area (Å²) in [5.74, 6) is -0.00374. The van der Waals surface area contributed by atoms with Crippen LogP contribution in [0.25, 0.3) is 15.3 Å². The third kappa shape index (κ3) is 2.07. The lowest BCUT2D eigenvalue weighted by Gasteiger charge is -2.02. The molecule has 2 N–H and O–H groups in total. The molecule has 0 saturated carbocycles. The highest BCUT2D eigenvalue weighted by atomic mass is 32.1. The number of nitrogens with zero attached hydrogens (tertiary/aromatic N) is 2. The summed E-state index contributed by atoms with van der Waals surface area (Å²) in [6, 6.07) is 8.23. The van der Waals surface area contributed by atoms with Gasteiger partial charge in [0, 0.05) is 17.3 Å². The molecule has 0 unspecified atom stereocenters. The Morgan fingerprint density at radius 3 is 2.90 bits per heavy atom. The fourth-order valence-electron chi connectivity index (χ4n) is 2.10. The van der Waals surface area contributed by atoms with Gasteiger partial charge in [-0.05, 0) is 30.3 Å². The Kier molecular flexibility index (Phi) is 2.69. The SMILES string of the molecule is O=C(Nc1ccc(O)cc1)c1cc2c(nc3sccn32)s1. The van der Waals surface area contributed by atoms with E-state index < -0.39 is 0 Å². The van der Waals surface area contributed by atoms with Crippen molar-refractivity contribution in [1.29, 1.82) is 0 Å². The minimum absolute atomic E-state index is 0.170. The van der Waals surface area contributed by atoms with Gasteiger partial charge in [0.1, 0.15) is 10.6 Å². The highest BCUT2D eigenvalue weighted by Gasteiger charge is 2.15. The molecule has 0 bridgehead atoms. The molecule has 7 heteroatoms. The number of aromatic hydroxyl groups is 1. The van der Waals surface area contributed by atoms with Crippen LogP contribution in [0.4, 0.5) is 5.69 Å². The largest absolute Gasteiger partial charge is 0.508 e. The number of hydrogen-bond acceptors (Lipinski definition) is 5. The van der Waals surface area contributed by atoms with E-state index in [1.807, 2.05) is 22.0 Å². The average molecular weight is 315 g/mol. The zero-order valence-electron chi connectivity index (χ0n) is 10.6. The molecule has 3 heterocycles. The van der Waals surface area contributed by atoms with Gasteiger partial charge in [0.05, 0.1) is 10.4 Å². The highest BCUT2D eigenvalue weighted by molar-refractivity contribution is 7.21. The van der Waals surface area contributed by atoms with Gasteiger partial charge in [-0.1, -0.05) is 0 Å². The van der Waals surface area contributed by atoms with Crippen LogP contribution in [0.5, 0.6) is 5.75 Å². The maximum Gasteiger partial charge on any atom is 0.265 e. The normalized spacial score (nSPS) is 11.2. The number of fused-ring (bicyclic) bond motifs is 3. The molecule has 1 aromatic carbocycles. The molecule has 4 aromatic rings. The number of imidazole rings is 1. The van der Waals surface area contributed by atoms with Crippen LogP contribution in [0.3, 0.4) is 0 Å². The molecule has 0 fully saturated rings. The van der Waals surface area contributed by atoms with Crippen molar-refractivity contribution in [2.45, 2.75) is 0 Å². The van der Waals surface area contributed by atoms with Crippen molar-refractivity contribution >= 4 is 49.6 Å². The molecule has 3 aromatic heterocycles. The number of thiazole rings is 1. The number of amides is 1. The summed E-state index contributed by atoms with van der Waals surface area (Å²) in [5.41, 5.74) is 1.60. The number of hydrogen-bond donors (Lipinski definition) is 2. The summed E-state index contributed by atoms with van der Waals surface area (Å²) in [6.07, 6.45) is 1.95. The van der Waals surface area contributed by atoms with Gasteiger partial charge in [-0.25, -0.2) is 4.98 Å². The van der Waals surface area contributed by atoms with E-state index in [4.69, 9.17) is 0 Å². The summed E-state index contributed by atoms with van der Waals surface area (Å²) < 4.78 is 1.98. The predicted molar refractivity (Wildman–Crippen MR) is 84.5 cm³/mol. The van der Waals surface area contributed by atoms with E-state index in [1.54, 1.807) is 23.5 Å². The van der Waals surface area contributed by atoms with Crippen molar-refractivity contribution in [1.82, 2.24) is 9.38 Å². The Morgan fingerprint density at radius 1 is 1.29 bits per heavy atom. The first kappa shape index (κ1) is 12.4. The molecular formula is C14H9N3O2S2. The van der Waals surface area contributed by atoms with Gasteiger partial charge in [-0.3, -0.25) is 9.20 Å². The lowest BCUT2D eigenvalue weighted by molar-refractivity contribution is 0.103. The van der Waals surface area contributed by atoms with Crippen LogP contribution in [0, 0.1) is 0 Å². The van der Waals surface area contributed by atoms with E-state index in [1.165, 1.54) is 23.5 Å². The van der Waals surface area contributed by atoms with Crippen LogP contribution in [0.15, 0.2) is 41.9 Å². The molecule has 21 heavy (non-hydrogen) atoms. The van der Waals surface area contributed by atoms with Gasteiger partial charge in [0.2, 0.25) is 0 Å². The minimum atomic E-state index is -0.173. The monoisotopic (exact) mass is 315 g/mol. The van der Waals surface area contributed by atoms with Crippen LogP contribution < -0.4 is 5.32 Å². The van der Waals surface area contributed by atoms with Gasteiger partial charge in [-0.2, -0.15) is 0 Å². The third-order valence-corrected chi connectivity index (χ3v) is 4.86. The lowest BCUT2D eigenvalue weighted by atomic mass is 10.3. The summed E-state index contributed by atoms with van der Waals surface area (Å²) >= 11 is 2.94. The van der Waals surface area contributed by atoms with Crippen LogP contribution in [-0.4, -0.2) is 20.4 Å². The summed E-state index contributed by atoms with van der Waals surface area (Å²) in [6.45, 7) is 0. The fraction of sp³-hybridized carbons (Fsp3) is 0. The van der Waals surface area contributed by atoms with Gasteiger partial charge >= 0.3 is 0 Å². The van der Waals surface area contributed by atoms with E-state index >= 15 is 0 Å². The number of phenols is 1. The standard InChI is InChI=1S/C14H9N3O2S2/c18-9-3-1-8(2-4-9)15-12(19)11-7-10-13(21-11)16-14-17(10)5-6-20-14/h1-7,18H,(H,15,19). The molecule has 0 atom stereocenters. The Labute approximate surface area is 127 Å². The number of carbonyl (C=O) groups excluding carboxylic acids is 1. The lowest BCUT2D eigenvalue weighted by Crippen LogP contribution is -2.09. The van der Waals surface area contributed by atoms with Crippen molar-refractivity contribution in [2.75, 3.05) is 5.32 Å². The second-order valence-corrected chi connectivity index (χ2v) is 6.37. The van der Waals surface area contributed by atoms with Gasteiger partial charge in [0.15, 0.2) is 4.96 Å². The van der Waals surface area contributed by atoms with E-state index in [0.29, 0.717) is 10.6 Å². The first-order valence-electron chi connectivity index (χ1n) is 6.16. The number of thiophene rings is 1. The molecule has 0 radical (unpaired) electrons. The Bertz CT molecular complexity index is 950. The molecule has 0 aliphatic carbocycles. The van der Waals surface area contributed by atoms with E-state index in [-0.39, 0.29) is 11.7 Å². The molecule has 0 aliphatic heterocycles. The smallest absolute Gasteiger partial charge is 0.265 e. The van der Waals surface area contributed by atoms with Gasteiger partial charge in [-0.15, -0.1) is 22.7 Å². The molecule has 104 valence electrons. The van der Waals surface area contributed by atoms with Crippen molar-refractivity contribution in [3.8, 4) is 5.75 Å². The number of carbonyl (C=O) groups is 1. The Morgan fingerprint density at radius 2 is 2.10 bits per heavy atom. The number of aromatic nitrogens is 2. The summed E-state index contributed by atoms with van der Waals surface area (Å²) in [7, 11) is 0. The van der Waals surface area contributed by atoms with Crippen LogP contribution in [0.1, 0.15) is 9.67 Å². The van der Waals surface area contributed by atoms with Gasteiger partial charge in [0.25, 0.3) is 5.91 Å². The third-order valence-electron chi connectivity index (χ3n) is 3.09. The number of rotatable bonds is 2. The van der Waals surface area contributed by atoms with Crippen molar-refractivity contribution in [3.05, 3.63) is 46.8 Å². The Balaban J connectivity index is 1.66. The minimum Gasteiger partial charge on any atom is -0.508 e. The van der Waals surface area contributed by atoms with Crippen LogP contribution in [0.2, 0.25) is 0 Å². The van der Waals surface area contributed by atoms with Crippen LogP contribution >= 0.6 is 22.7 Å². The van der Waals surface area contributed by atoms with Crippen molar-refractivity contribution < 1.29 is 9.90 Å². The molecule has 0 spiro atoms. The number of phenolic OH excluding ortho intramolecular Hbond substituents is 1. The fourth-order valence-corrected chi connectivity index (χ4v) is 3.79. The quantitative estimate of drug-likeness (QED) is 0.556. The Hall–Kier alpha value is -2.38. The summed E-state index contributed by atoms with van der Waals surface area (Å²) in [4.78, 5) is 19.1. The van der Waals surface area contributed by atoms with Crippen molar-refractivity contribution in [2.24, 2.45) is 0 Å². The maximum absolute atomic E-state index is 12.2. The molecule has 0 aliphatic rings. The molecule has 4 rings (SSSR count). The predicted octanol–water partition coefficient (Wildman–Crippen LogP) is 3.57. The average Bonchev–Trinajstić information content (AvgIpc) is 3.12. The number of benzene rings is 1. The van der Waals surface area contributed by atoms with Gasteiger partial charge < -0.3 is 10.4 Å². The zero-order chi connectivity index (χ0) is 14.4. The van der Waals surface area contributed by atoms with E-state index in [9.17, 15) is 9.90 Å².